The molecule has 0 bridgehead atoms. The van der Waals surface area contributed by atoms with Crippen molar-refractivity contribution in [1.29, 1.82) is 0 Å². The summed E-state index contributed by atoms with van der Waals surface area (Å²) in [6.45, 7) is 6.65. The first-order valence-corrected chi connectivity index (χ1v) is 5.06. The number of rotatable bonds is 8. The van der Waals surface area contributed by atoms with Crippen LogP contribution in [0, 0.1) is 5.92 Å². The molecular formula is C10H21NO3. The monoisotopic (exact) mass is 203 g/mol. The molecule has 0 saturated carbocycles. The minimum atomic E-state index is -0.139. The quantitative estimate of drug-likeness (QED) is 0.468. The molecule has 0 saturated heterocycles. The predicted octanol–water partition coefficient (Wildman–Crippen LogP) is 0.812. The second kappa shape index (κ2) is 8.97. The van der Waals surface area contributed by atoms with E-state index < -0.39 is 0 Å². The summed E-state index contributed by atoms with van der Waals surface area (Å²) in [7, 11) is 1.69. The molecule has 0 aliphatic rings. The largest absolute Gasteiger partial charge is 0.466 e. The Labute approximate surface area is 86.0 Å². The first-order chi connectivity index (χ1) is 6.70. The maximum absolute atomic E-state index is 10.9. The molecule has 0 aromatic heterocycles. The number of hydrogen-bond acceptors (Lipinski definition) is 4. The number of esters is 1. The number of hydrogen-bond donors (Lipinski definition) is 1. The maximum Gasteiger partial charge on any atom is 0.307 e. The van der Waals surface area contributed by atoms with Crippen molar-refractivity contribution in [2.24, 2.45) is 5.92 Å². The van der Waals surface area contributed by atoms with Gasteiger partial charge >= 0.3 is 5.97 Å². The van der Waals surface area contributed by atoms with Crippen LogP contribution in [0.15, 0.2) is 0 Å². The lowest BCUT2D eigenvalue weighted by Crippen LogP contribution is -2.26. The number of carbonyl (C=O) groups is 1. The summed E-state index contributed by atoms with van der Waals surface area (Å²) in [5, 5.41) is 3.18. The first kappa shape index (κ1) is 13.4. The highest BCUT2D eigenvalue weighted by molar-refractivity contribution is 5.69. The first-order valence-electron chi connectivity index (χ1n) is 5.06. The Balaban J connectivity index is 3.24. The Kier molecular flexibility index (Phi) is 8.57. The molecule has 0 spiro atoms. The van der Waals surface area contributed by atoms with E-state index in [9.17, 15) is 4.79 Å². The van der Waals surface area contributed by atoms with E-state index in [0.29, 0.717) is 25.5 Å². The smallest absolute Gasteiger partial charge is 0.307 e. The number of nitrogens with one attached hydrogen (secondary N) is 1. The molecule has 0 aromatic carbocycles. The number of methoxy groups -OCH3 is 1. The summed E-state index contributed by atoms with van der Waals surface area (Å²) in [5.41, 5.74) is 0. The molecule has 1 atom stereocenters. The molecule has 0 aliphatic carbocycles. The third-order valence-electron chi connectivity index (χ3n) is 1.76. The van der Waals surface area contributed by atoms with E-state index in [1.54, 1.807) is 7.11 Å². The molecule has 4 nitrogen and oxygen atoms in total. The third-order valence-corrected chi connectivity index (χ3v) is 1.76. The molecule has 0 rings (SSSR count). The second-order valence-corrected chi connectivity index (χ2v) is 3.32. The molecule has 84 valence electrons. The molecule has 0 aromatic rings. The van der Waals surface area contributed by atoms with Crippen LogP contribution in [-0.4, -0.2) is 39.4 Å². The van der Waals surface area contributed by atoms with Crippen molar-refractivity contribution in [2.45, 2.75) is 20.3 Å². The molecular weight excluding hydrogens is 182 g/mol. The molecule has 0 amide bonds. The van der Waals surface area contributed by atoms with Crippen LogP contribution < -0.4 is 5.32 Å². The van der Waals surface area contributed by atoms with E-state index in [-0.39, 0.29) is 5.97 Å². The van der Waals surface area contributed by atoms with Crippen LogP contribution in [0.25, 0.3) is 0 Å². The van der Waals surface area contributed by atoms with Gasteiger partial charge in [-0.1, -0.05) is 6.92 Å². The molecule has 14 heavy (non-hydrogen) atoms. The van der Waals surface area contributed by atoms with Crippen LogP contribution >= 0.6 is 0 Å². The van der Waals surface area contributed by atoms with Gasteiger partial charge in [0.1, 0.15) is 0 Å². The number of carbonyl (C=O) groups excluding carboxylic acids is 1. The molecule has 0 radical (unpaired) electrons. The fraction of sp³-hybridized carbons (Fsp3) is 0.900. The lowest BCUT2D eigenvalue weighted by molar-refractivity contribution is -0.142. The van der Waals surface area contributed by atoms with Gasteiger partial charge in [0, 0.05) is 20.3 Å². The van der Waals surface area contributed by atoms with Gasteiger partial charge in [-0.15, -0.1) is 0 Å². The molecule has 1 N–H and O–H groups in total. The molecule has 0 fully saturated rings. The standard InChI is InChI=1S/C10H21NO3/c1-4-14-10(12)5-6-11-7-9(2)8-13-3/h9,11H,4-8H2,1-3H3. The maximum atomic E-state index is 10.9. The fourth-order valence-electron chi connectivity index (χ4n) is 1.12. The van der Waals surface area contributed by atoms with Gasteiger partial charge in [-0.2, -0.15) is 0 Å². The van der Waals surface area contributed by atoms with Gasteiger partial charge in [0.25, 0.3) is 0 Å². The average molecular weight is 203 g/mol. The van der Waals surface area contributed by atoms with Crippen LogP contribution in [0.3, 0.4) is 0 Å². The van der Waals surface area contributed by atoms with Crippen molar-refractivity contribution in [2.75, 3.05) is 33.4 Å². The van der Waals surface area contributed by atoms with Gasteiger partial charge in [0.05, 0.1) is 13.0 Å². The Morgan fingerprint density at radius 3 is 2.79 bits per heavy atom. The third kappa shape index (κ3) is 8.01. The SMILES string of the molecule is CCOC(=O)CCNCC(C)COC. The highest BCUT2D eigenvalue weighted by Crippen LogP contribution is 1.92. The second-order valence-electron chi connectivity index (χ2n) is 3.32. The summed E-state index contributed by atoms with van der Waals surface area (Å²) in [6.07, 6.45) is 0.438. The molecule has 4 heteroatoms. The zero-order valence-corrected chi connectivity index (χ0v) is 9.34. The van der Waals surface area contributed by atoms with E-state index in [1.807, 2.05) is 6.92 Å². The van der Waals surface area contributed by atoms with E-state index >= 15 is 0 Å². The molecule has 0 heterocycles. The fourth-order valence-corrected chi connectivity index (χ4v) is 1.12. The van der Waals surface area contributed by atoms with Gasteiger partial charge in [0.15, 0.2) is 0 Å². The van der Waals surface area contributed by atoms with Gasteiger partial charge in [-0.05, 0) is 19.4 Å². The van der Waals surface area contributed by atoms with Crippen LogP contribution in [0.5, 0.6) is 0 Å². The van der Waals surface area contributed by atoms with E-state index in [0.717, 1.165) is 13.2 Å². The minimum absolute atomic E-state index is 0.139. The zero-order chi connectivity index (χ0) is 10.8. The van der Waals surface area contributed by atoms with Crippen LogP contribution in [0.1, 0.15) is 20.3 Å². The van der Waals surface area contributed by atoms with Crippen LogP contribution in [-0.2, 0) is 14.3 Å². The van der Waals surface area contributed by atoms with Crippen LogP contribution in [0.2, 0.25) is 0 Å². The van der Waals surface area contributed by atoms with Crippen molar-refractivity contribution < 1.29 is 14.3 Å². The van der Waals surface area contributed by atoms with E-state index in [4.69, 9.17) is 9.47 Å². The Morgan fingerprint density at radius 2 is 2.21 bits per heavy atom. The summed E-state index contributed by atoms with van der Waals surface area (Å²) >= 11 is 0. The van der Waals surface area contributed by atoms with Gasteiger partial charge < -0.3 is 14.8 Å². The lowest BCUT2D eigenvalue weighted by atomic mass is 10.2. The highest BCUT2D eigenvalue weighted by atomic mass is 16.5. The molecule has 1 unspecified atom stereocenters. The summed E-state index contributed by atoms with van der Waals surface area (Å²) in [4.78, 5) is 10.9. The van der Waals surface area contributed by atoms with Gasteiger partial charge in [0.2, 0.25) is 0 Å². The highest BCUT2D eigenvalue weighted by Gasteiger charge is 2.02. The normalized spacial score (nSPS) is 12.5. The molecule has 0 aliphatic heterocycles. The topological polar surface area (TPSA) is 47.6 Å². The van der Waals surface area contributed by atoms with Crippen molar-refractivity contribution in [3.05, 3.63) is 0 Å². The lowest BCUT2D eigenvalue weighted by Gasteiger charge is -2.10. The summed E-state index contributed by atoms with van der Waals surface area (Å²) < 4.78 is 9.78. The average Bonchev–Trinajstić information content (AvgIpc) is 2.13. The van der Waals surface area contributed by atoms with Crippen LogP contribution in [0.4, 0.5) is 0 Å². The van der Waals surface area contributed by atoms with E-state index in [1.165, 1.54) is 0 Å². The van der Waals surface area contributed by atoms with Crippen molar-refractivity contribution >= 4 is 5.97 Å². The Morgan fingerprint density at radius 1 is 1.50 bits per heavy atom. The minimum Gasteiger partial charge on any atom is -0.466 e. The summed E-state index contributed by atoms with van der Waals surface area (Å²) in [5.74, 6) is 0.335. The van der Waals surface area contributed by atoms with Gasteiger partial charge in [-0.3, -0.25) is 4.79 Å². The van der Waals surface area contributed by atoms with Gasteiger partial charge in [-0.25, -0.2) is 0 Å². The van der Waals surface area contributed by atoms with Crippen molar-refractivity contribution in [1.82, 2.24) is 5.32 Å². The Hall–Kier alpha value is -0.610. The van der Waals surface area contributed by atoms with Crippen molar-refractivity contribution in [3.63, 3.8) is 0 Å². The van der Waals surface area contributed by atoms with Crippen molar-refractivity contribution in [3.8, 4) is 0 Å². The van der Waals surface area contributed by atoms with E-state index in [2.05, 4.69) is 12.2 Å². The Bertz CT molecular complexity index is 150. The summed E-state index contributed by atoms with van der Waals surface area (Å²) in [6, 6.07) is 0. The predicted molar refractivity (Wildman–Crippen MR) is 55.2 cm³/mol. The number of ether oxygens (including phenoxy) is 2. The zero-order valence-electron chi connectivity index (χ0n) is 9.34.